The molecular weight excluding hydrogens is 304 g/mol. The predicted molar refractivity (Wildman–Crippen MR) is 82.2 cm³/mol. The first-order valence-electron chi connectivity index (χ1n) is 6.61. The van der Waals surface area contributed by atoms with Crippen LogP contribution in [-0.4, -0.2) is 16.0 Å². The average Bonchev–Trinajstić information content (AvgIpc) is 2.96. The minimum Gasteiger partial charge on any atom is -0.397 e. The maximum absolute atomic E-state index is 12.6. The van der Waals surface area contributed by atoms with Crippen LogP contribution in [0.4, 0.5) is 5.69 Å². The minimum absolute atomic E-state index is 0.0932. The smallest absolute Gasteiger partial charge is 0.397 e. The lowest BCUT2D eigenvalue weighted by Crippen LogP contribution is -2.39. The topological polar surface area (TPSA) is 106 Å². The number of nitrogens with zero attached hydrogens (tertiary/aromatic N) is 2. The molecule has 0 amide bonds. The average molecular weight is 319 g/mol. The number of anilines is 1. The maximum Gasteiger partial charge on any atom is 0.438 e. The summed E-state index contributed by atoms with van der Waals surface area (Å²) in [4.78, 5) is 29.8. The summed E-state index contributed by atoms with van der Waals surface area (Å²) in [5.41, 5.74) is 8.65. The third-order valence-electron chi connectivity index (χ3n) is 3.90. The van der Waals surface area contributed by atoms with Crippen molar-refractivity contribution in [3.63, 3.8) is 0 Å². The van der Waals surface area contributed by atoms with Crippen LogP contribution in [0, 0.1) is 20.8 Å². The first-order valence-corrected chi connectivity index (χ1v) is 7.42. The van der Waals surface area contributed by atoms with Gasteiger partial charge in [0.25, 0.3) is 5.78 Å². The monoisotopic (exact) mass is 319 g/mol. The fourth-order valence-corrected chi connectivity index (χ4v) is 3.57. The van der Waals surface area contributed by atoms with E-state index in [-0.39, 0.29) is 5.69 Å². The molecular formula is C14H15N4O3S+. The molecule has 3 N–H and O–H groups in total. The third-order valence-corrected chi connectivity index (χ3v) is 5.00. The van der Waals surface area contributed by atoms with Crippen LogP contribution in [0.1, 0.15) is 32.2 Å². The lowest BCUT2D eigenvalue weighted by molar-refractivity contribution is -0.741. The van der Waals surface area contributed by atoms with Crippen molar-refractivity contribution in [2.75, 3.05) is 5.73 Å². The van der Waals surface area contributed by atoms with Crippen LogP contribution < -0.4 is 16.0 Å². The van der Waals surface area contributed by atoms with Gasteiger partial charge in [-0.05, 0) is 37.2 Å². The van der Waals surface area contributed by atoms with Gasteiger partial charge in [-0.1, -0.05) is 4.68 Å². The van der Waals surface area contributed by atoms with Gasteiger partial charge in [0, 0.05) is 11.1 Å². The summed E-state index contributed by atoms with van der Waals surface area (Å²) in [6, 6.07) is 0. The van der Waals surface area contributed by atoms with E-state index in [4.69, 9.17) is 5.73 Å². The normalized spacial score (nSPS) is 11.3. The predicted octanol–water partition coefficient (Wildman–Crippen LogP) is 1.14. The number of aromatic nitrogens is 3. The van der Waals surface area contributed by atoms with Gasteiger partial charge in [-0.3, -0.25) is 9.32 Å². The van der Waals surface area contributed by atoms with Gasteiger partial charge in [-0.25, -0.2) is 9.78 Å². The maximum atomic E-state index is 12.6. The molecule has 0 spiro atoms. The second-order valence-electron chi connectivity index (χ2n) is 5.19. The number of rotatable bonds is 2. The molecule has 0 unspecified atom stereocenters. The summed E-state index contributed by atoms with van der Waals surface area (Å²) >= 11 is 1.19. The highest BCUT2D eigenvalue weighted by molar-refractivity contribution is 7.21. The third kappa shape index (κ3) is 1.87. The highest BCUT2D eigenvalue weighted by Gasteiger charge is 2.32. The van der Waals surface area contributed by atoms with Crippen molar-refractivity contribution in [1.29, 1.82) is 0 Å². The van der Waals surface area contributed by atoms with Crippen molar-refractivity contribution in [3.05, 3.63) is 37.8 Å². The molecule has 3 rings (SSSR count). The van der Waals surface area contributed by atoms with E-state index in [1.165, 1.54) is 23.1 Å². The second-order valence-corrected chi connectivity index (χ2v) is 6.19. The van der Waals surface area contributed by atoms with Crippen LogP contribution in [-0.2, 0) is 7.05 Å². The number of aromatic amines is 1. The first kappa shape index (κ1) is 14.5. The van der Waals surface area contributed by atoms with Gasteiger partial charge >= 0.3 is 11.3 Å². The zero-order valence-corrected chi connectivity index (χ0v) is 13.4. The Labute approximate surface area is 129 Å². The Morgan fingerprint density at radius 3 is 2.59 bits per heavy atom. The Morgan fingerprint density at radius 1 is 1.32 bits per heavy atom. The number of ketones is 1. The van der Waals surface area contributed by atoms with Crippen LogP contribution in [0.5, 0.6) is 0 Å². The van der Waals surface area contributed by atoms with Crippen molar-refractivity contribution in [1.82, 2.24) is 10.3 Å². The van der Waals surface area contributed by atoms with Gasteiger partial charge in [0.1, 0.15) is 9.71 Å². The summed E-state index contributed by atoms with van der Waals surface area (Å²) < 4.78 is 5.86. The van der Waals surface area contributed by atoms with Gasteiger partial charge in [-0.15, -0.1) is 11.3 Å². The second kappa shape index (κ2) is 4.77. The molecule has 7 nitrogen and oxygen atoms in total. The number of nitrogens with one attached hydrogen (secondary N) is 1. The van der Waals surface area contributed by atoms with Gasteiger partial charge in [0.15, 0.2) is 7.05 Å². The van der Waals surface area contributed by atoms with Crippen molar-refractivity contribution in [2.45, 2.75) is 20.8 Å². The molecule has 0 radical (unpaired) electrons. The zero-order valence-electron chi connectivity index (χ0n) is 12.6. The highest BCUT2D eigenvalue weighted by Crippen LogP contribution is 2.37. The first-order chi connectivity index (χ1) is 10.3. The van der Waals surface area contributed by atoms with Gasteiger partial charge in [-0.2, -0.15) is 0 Å². The van der Waals surface area contributed by atoms with Gasteiger partial charge in [0.05, 0.1) is 5.69 Å². The molecule has 3 aromatic rings. The molecule has 0 saturated heterocycles. The Kier molecular flexibility index (Phi) is 3.13. The number of hydrogen-bond acceptors (Lipinski definition) is 6. The van der Waals surface area contributed by atoms with E-state index in [1.807, 2.05) is 20.8 Å². The lowest BCUT2D eigenvalue weighted by atomic mass is 10.0. The van der Waals surface area contributed by atoms with E-state index in [0.29, 0.717) is 15.4 Å². The summed E-state index contributed by atoms with van der Waals surface area (Å²) in [6.07, 6.45) is 0. The Morgan fingerprint density at radius 2 is 2.00 bits per heavy atom. The number of thiophene rings is 1. The minimum atomic E-state index is -0.721. The molecule has 0 aliphatic rings. The van der Waals surface area contributed by atoms with Crippen LogP contribution in [0.25, 0.3) is 10.2 Å². The molecule has 3 heterocycles. The van der Waals surface area contributed by atoms with E-state index in [9.17, 15) is 9.59 Å². The number of aryl methyl sites for hydroxylation is 3. The van der Waals surface area contributed by atoms with Gasteiger partial charge < -0.3 is 5.73 Å². The fraction of sp³-hybridized carbons (Fsp3) is 0.286. The molecule has 0 aliphatic heterocycles. The Balaban J connectivity index is 2.29. The Hall–Kier alpha value is -2.48. The van der Waals surface area contributed by atoms with Crippen LogP contribution in [0.2, 0.25) is 0 Å². The lowest BCUT2D eigenvalue weighted by Gasteiger charge is -2.05. The molecule has 0 aromatic carbocycles. The summed E-state index contributed by atoms with van der Waals surface area (Å²) in [5, 5.41) is 3.10. The quantitative estimate of drug-likeness (QED) is 0.544. The number of carbonyl (C=O) groups excluding carboxylic acids is 1. The SMILES string of the molecule is Cc1nc2sc(C(=O)c3c(=O)o[nH][n+]3C)c(N)c2c(C)c1C. The molecule has 0 atom stereocenters. The van der Waals surface area contributed by atoms with Crippen LogP contribution in [0.15, 0.2) is 9.32 Å². The summed E-state index contributed by atoms with van der Waals surface area (Å²) in [6.45, 7) is 5.84. The molecule has 22 heavy (non-hydrogen) atoms. The fourth-order valence-electron chi connectivity index (χ4n) is 2.43. The summed E-state index contributed by atoms with van der Waals surface area (Å²) in [5.74, 6) is -0.465. The van der Waals surface area contributed by atoms with Crippen molar-refractivity contribution >= 4 is 33.0 Å². The molecule has 0 bridgehead atoms. The number of H-pyrrole nitrogens is 1. The van der Waals surface area contributed by atoms with Gasteiger partial charge in [0.2, 0.25) is 0 Å². The molecule has 8 heteroatoms. The highest BCUT2D eigenvalue weighted by atomic mass is 32.1. The van der Waals surface area contributed by atoms with Crippen molar-refractivity contribution in [2.24, 2.45) is 7.05 Å². The molecule has 0 aliphatic carbocycles. The number of hydrogen-bond donors (Lipinski definition) is 2. The number of nitrogen functional groups attached to an aromatic ring is 1. The molecule has 3 aromatic heterocycles. The van der Waals surface area contributed by atoms with Crippen molar-refractivity contribution in [3.8, 4) is 0 Å². The van der Waals surface area contributed by atoms with E-state index >= 15 is 0 Å². The van der Waals surface area contributed by atoms with E-state index in [1.54, 1.807) is 0 Å². The standard InChI is InChI=1S/C14H14N4O3S/c1-5-6(2)8-9(15)12(22-13(8)16-7(5)3)11(19)10-14(20)21-17-18(10)4/h1-4H3,(H2-,15,17,19,20)/p+1. The van der Waals surface area contributed by atoms with E-state index < -0.39 is 11.4 Å². The molecule has 0 saturated carbocycles. The molecule has 114 valence electrons. The number of fused-ring (bicyclic) bond motifs is 1. The Bertz CT molecular complexity index is 980. The van der Waals surface area contributed by atoms with Crippen LogP contribution in [0.3, 0.4) is 0 Å². The van der Waals surface area contributed by atoms with Crippen molar-refractivity contribution < 1.29 is 14.0 Å². The van der Waals surface area contributed by atoms with E-state index in [2.05, 4.69) is 14.8 Å². The number of pyridine rings is 1. The van der Waals surface area contributed by atoms with Crippen LogP contribution >= 0.6 is 11.3 Å². The number of carbonyl (C=O) groups is 1. The zero-order chi connectivity index (χ0) is 16.2. The number of nitrogens with two attached hydrogens (primary N) is 1. The summed E-state index contributed by atoms with van der Waals surface area (Å²) in [7, 11) is 1.53. The largest absolute Gasteiger partial charge is 0.438 e. The molecule has 0 fully saturated rings. The van der Waals surface area contributed by atoms with E-state index in [0.717, 1.165) is 22.2 Å².